The van der Waals surface area contributed by atoms with Gasteiger partial charge in [0.2, 0.25) is 0 Å². The van der Waals surface area contributed by atoms with Crippen molar-refractivity contribution < 1.29 is 8.78 Å². The van der Waals surface area contributed by atoms with Gasteiger partial charge < -0.3 is 0 Å². The van der Waals surface area contributed by atoms with Crippen LogP contribution in [0, 0.1) is 17.0 Å². The summed E-state index contributed by atoms with van der Waals surface area (Å²) < 4.78 is 31.2. The summed E-state index contributed by atoms with van der Waals surface area (Å²) >= 11 is 0. The molecule has 1 aromatic carbocycles. The molecule has 1 heterocycles. The molecule has 134 valence electrons. The van der Waals surface area contributed by atoms with E-state index in [1.54, 1.807) is 0 Å². The van der Waals surface area contributed by atoms with Gasteiger partial charge in [-0.05, 0) is 42.7 Å². The SMILES string of the molecule is CCCn1c2c(c(=O)n1-c1ccc(F)cc1F)[C@@H]1CC[C@@]2(C)C1(C)C. The van der Waals surface area contributed by atoms with Crippen LogP contribution in [-0.4, -0.2) is 9.36 Å². The number of benzene rings is 1. The third kappa shape index (κ3) is 1.87. The number of rotatable bonds is 3. The van der Waals surface area contributed by atoms with Gasteiger partial charge in [0.05, 0.1) is 5.69 Å². The van der Waals surface area contributed by atoms with E-state index in [4.69, 9.17) is 0 Å². The minimum absolute atomic E-state index is 0.0206. The minimum atomic E-state index is -0.701. The summed E-state index contributed by atoms with van der Waals surface area (Å²) in [6.07, 6.45) is 2.87. The summed E-state index contributed by atoms with van der Waals surface area (Å²) in [5, 5.41) is 0. The van der Waals surface area contributed by atoms with Gasteiger partial charge in [0.1, 0.15) is 11.5 Å². The highest BCUT2D eigenvalue weighted by molar-refractivity contribution is 5.47. The highest BCUT2D eigenvalue weighted by Crippen LogP contribution is 2.67. The van der Waals surface area contributed by atoms with Crippen LogP contribution < -0.4 is 5.56 Å². The zero-order valence-electron chi connectivity index (χ0n) is 15.2. The van der Waals surface area contributed by atoms with E-state index >= 15 is 0 Å². The Morgan fingerprint density at radius 1 is 1.24 bits per heavy atom. The lowest BCUT2D eigenvalue weighted by atomic mass is 9.70. The van der Waals surface area contributed by atoms with E-state index in [1.807, 2.05) is 11.6 Å². The minimum Gasteiger partial charge on any atom is -0.281 e. The molecule has 1 saturated carbocycles. The zero-order chi connectivity index (χ0) is 18.1. The van der Waals surface area contributed by atoms with E-state index in [-0.39, 0.29) is 28.0 Å². The second-order valence-electron chi connectivity index (χ2n) is 8.24. The van der Waals surface area contributed by atoms with Crippen LogP contribution in [0.2, 0.25) is 0 Å². The van der Waals surface area contributed by atoms with Crippen molar-refractivity contribution in [3.05, 3.63) is 51.4 Å². The van der Waals surface area contributed by atoms with Gasteiger partial charge >= 0.3 is 0 Å². The predicted molar refractivity (Wildman–Crippen MR) is 93.3 cm³/mol. The smallest absolute Gasteiger partial charge is 0.275 e. The molecule has 3 nitrogen and oxygen atoms in total. The third-order valence-corrected chi connectivity index (χ3v) is 6.85. The van der Waals surface area contributed by atoms with E-state index in [9.17, 15) is 13.6 Å². The van der Waals surface area contributed by atoms with Crippen LogP contribution in [0.1, 0.15) is 64.1 Å². The molecule has 0 radical (unpaired) electrons. The van der Waals surface area contributed by atoms with Gasteiger partial charge in [-0.15, -0.1) is 0 Å². The van der Waals surface area contributed by atoms with Crippen LogP contribution in [0.3, 0.4) is 0 Å². The lowest BCUT2D eigenvalue weighted by Gasteiger charge is -2.36. The Bertz CT molecular complexity index is 925. The van der Waals surface area contributed by atoms with Crippen molar-refractivity contribution in [1.29, 1.82) is 0 Å². The van der Waals surface area contributed by atoms with Crippen molar-refractivity contribution in [3.63, 3.8) is 0 Å². The number of hydrogen-bond acceptors (Lipinski definition) is 1. The van der Waals surface area contributed by atoms with Crippen LogP contribution in [0.4, 0.5) is 8.78 Å². The highest BCUT2D eigenvalue weighted by Gasteiger charge is 2.62. The lowest BCUT2D eigenvalue weighted by molar-refractivity contribution is 0.215. The fraction of sp³-hybridized carbons (Fsp3) is 0.550. The molecule has 2 aliphatic rings. The van der Waals surface area contributed by atoms with Crippen molar-refractivity contribution in [3.8, 4) is 5.69 Å². The molecule has 0 unspecified atom stereocenters. The second kappa shape index (κ2) is 5.05. The summed E-state index contributed by atoms with van der Waals surface area (Å²) in [4.78, 5) is 13.3. The molecule has 0 amide bonds. The number of halogens is 2. The molecule has 2 bridgehead atoms. The summed E-state index contributed by atoms with van der Waals surface area (Å²) in [5.74, 6) is -1.14. The molecule has 2 aromatic rings. The molecule has 0 N–H and O–H groups in total. The van der Waals surface area contributed by atoms with Gasteiger partial charge in [0.15, 0.2) is 5.82 Å². The molecular weight excluding hydrogens is 322 g/mol. The lowest BCUT2D eigenvalue weighted by Crippen LogP contribution is -2.36. The Hall–Kier alpha value is -1.91. The van der Waals surface area contributed by atoms with E-state index < -0.39 is 11.6 Å². The molecule has 1 aromatic heterocycles. The fourth-order valence-electron chi connectivity index (χ4n) is 5.21. The monoisotopic (exact) mass is 346 g/mol. The number of fused-ring (bicyclic) bond motifs is 5. The number of aromatic nitrogens is 2. The molecule has 5 heteroatoms. The van der Waals surface area contributed by atoms with Crippen LogP contribution in [0.25, 0.3) is 5.69 Å². The Kier molecular flexibility index (Phi) is 3.35. The topological polar surface area (TPSA) is 26.9 Å². The van der Waals surface area contributed by atoms with Gasteiger partial charge in [0, 0.05) is 23.6 Å². The molecule has 1 fully saturated rings. The predicted octanol–water partition coefficient (Wildman–Crippen LogP) is 4.50. The first-order chi connectivity index (χ1) is 11.7. The van der Waals surface area contributed by atoms with Crippen molar-refractivity contribution in [2.24, 2.45) is 5.41 Å². The van der Waals surface area contributed by atoms with Crippen LogP contribution >= 0.6 is 0 Å². The maximum Gasteiger partial charge on any atom is 0.275 e. The van der Waals surface area contributed by atoms with Crippen molar-refractivity contribution in [1.82, 2.24) is 9.36 Å². The highest BCUT2D eigenvalue weighted by atomic mass is 19.1. The van der Waals surface area contributed by atoms with Crippen LogP contribution in [0.15, 0.2) is 23.0 Å². The Labute approximate surface area is 146 Å². The van der Waals surface area contributed by atoms with Gasteiger partial charge in [-0.25, -0.2) is 13.5 Å². The van der Waals surface area contributed by atoms with E-state index in [2.05, 4.69) is 20.8 Å². The number of nitrogens with zero attached hydrogens (tertiary/aromatic N) is 2. The zero-order valence-corrected chi connectivity index (χ0v) is 15.2. The van der Waals surface area contributed by atoms with Crippen molar-refractivity contribution >= 4 is 0 Å². The van der Waals surface area contributed by atoms with Gasteiger partial charge in [-0.2, -0.15) is 0 Å². The molecule has 0 spiro atoms. The van der Waals surface area contributed by atoms with Crippen LogP contribution in [-0.2, 0) is 12.0 Å². The van der Waals surface area contributed by atoms with Crippen molar-refractivity contribution in [2.45, 2.75) is 64.8 Å². The maximum absolute atomic E-state index is 14.4. The van der Waals surface area contributed by atoms with Gasteiger partial charge in [-0.3, -0.25) is 9.48 Å². The summed E-state index contributed by atoms with van der Waals surface area (Å²) in [6.45, 7) is 9.39. The second-order valence-corrected chi connectivity index (χ2v) is 8.24. The Morgan fingerprint density at radius 2 is 1.96 bits per heavy atom. The Balaban J connectivity index is 2.05. The average molecular weight is 346 g/mol. The average Bonchev–Trinajstić information content (AvgIpc) is 3.01. The molecule has 2 atom stereocenters. The molecule has 4 rings (SSSR count). The molecule has 0 aliphatic heterocycles. The summed E-state index contributed by atoms with van der Waals surface area (Å²) in [7, 11) is 0. The summed E-state index contributed by atoms with van der Waals surface area (Å²) in [5.41, 5.74) is 1.82. The first-order valence-corrected chi connectivity index (χ1v) is 9.05. The van der Waals surface area contributed by atoms with E-state index in [0.29, 0.717) is 6.54 Å². The van der Waals surface area contributed by atoms with E-state index in [0.717, 1.165) is 36.6 Å². The molecule has 2 aliphatic carbocycles. The first-order valence-electron chi connectivity index (χ1n) is 9.05. The van der Waals surface area contributed by atoms with Gasteiger partial charge in [-0.1, -0.05) is 27.7 Å². The number of hydrogen-bond donors (Lipinski definition) is 0. The maximum atomic E-state index is 14.4. The normalized spacial score (nSPS) is 26.2. The van der Waals surface area contributed by atoms with Crippen molar-refractivity contribution in [2.75, 3.05) is 0 Å². The third-order valence-electron chi connectivity index (χ3n) is 6.85. The molecule has 0 saturated heterocycles. The molecular formula is C20H24F2N2O. The molecule has 25 heavy (non-hydrogen) atoms. The van der Waals surface area contributed by atoms with Gasteiger partial charge in [0.25, 0.3) is 5.56 Å². The quantitative estimate of drug-likeness (QED) is 0.804. The largest absolute Gasteiger partial charge is 0.281 e. The Morgan fingerprint density at radius 3 is 2.60 bits per heavy atom. The fourth-order valence-corrected chi connectivity index (χ4v) is 5.21. The van der Waals surface area contributed by atoms with Crippen LogP contribution in [0.5, 0.6) is 0 Å². The summed E-state index contributed by atoms with van der Waals surface area (Å²) in [6, 6.07) is 3.42. The standard InChI is InChI=1S/C20H24F2N2O/c1-5-10-23-17-16(13-8-9-20(17,4)19(13,2)3)18(25)24(23)15-7-6-12(21)11-14(15)22/h6-7,11,13H,5,8-10H2,1-4H3/t13-,20+/m0/s1. The first kappa shape index (κ1) is 16.6. The van der Waals surface area contributed by atoms with E-state index in [1.165, 1.54) is 16.8 Å².